The number of carboxylic acid groups (broad SMARTS) is 4. The van der Waals surface area contributed by atoms with Gasteiger partial charge in [0.15, 0.2) is 0 Å². The van der Waals surface area contributed by atoms with Gasteiger partial charge in [0.1, 0.15) is 0 Å². The Balaban J connectivity index is 0. The van der Waals surface area contributed by atoms with Gasteiger partial charge in [0.2, 0.25) is 0 Å². The fourth-order valence-corrected chi connectivity index (χ4v) is 1.44. The molecular weight excluding hydrogens is 383 g/mol. The van der Waals surface area contributed by atoms with Crippen LogP contribution in [0.1, 0.15) is 0 Å². The van der Waals surface area contributed by atoms with Gasteiger partial charge in [-0.3, -0.25) is 9.80 Å². The summed E-state index contributed by atoms with van der Waals surface area (Å²) in [6, 6.07) is 0. The summed E-state index contributed by atoms with van der Waals surface area (Å²) < 4.78 is 0. The maximum absolute atomic E-state index is 10.4. The van der Waals surface area contributed by atoms with Gasteiger partial charge in [-0.1, -0.05) is 0 Å². The molecule has 0 aliphatic rings. The van der Waals surface area contributed by atoms with Crippen LogP contribution in [0.15, 0.2) is 0 Å². The van der Waals surface area contributed by atoms with E-state index in [2.05, 4.69) is 0 Å². The summed E-state index contributed by atoms with van der Waals surface area (Å²) in [6.45, 7) is -3.25. The van der Waals surface area contributed by atoms with Crippen LogP contribution in [-0.4, -0.2) is 72.9 Å². The molecule has 0 rings (SSSR count). The minimum atomic E-state index is -1.53. The molecular formula is C10H12N2O8Pd. The molecule has 0 fully saturated rings. The van der Waals surface area contributed by atoms with Crippen molar-refractivity contribution in [3.8, 4) is 0 Å². The smallest absolute Gasteiger partial charge is 0.549 e. The Morgan fingerprint density at radius 3 is 0.905 bits per heavy atom. The van der Waals surface area contributed by atoms with Crippen LogP contribution in [0, 0.1) is 0 Å². The molecule has 0 spiro atoms. The van der Waals surface area contributed by atoms with Gasteiger partial charge in [-0.25, -0.2) is 0 Å². The molecule has 0 aromatic rings. The SMILES string of the molecule is O=C([O-])CN(CCN(CC(=O)[O-])CC(=O)[O-])CC(=O)[O-].[Pd+4]. The van der Waals surface area contributed by atoms with Crippen LogP contribution in [0.3, 0.4) is 0 Å². The van der Waals surface area contributed by atoms with Crippen molar-refractivity contribution in [2.75, 3.05) is 39.3 Å². The van der Waals surface area contributed by atoms with Gasteiger partial charge >= 0.3 is 20.4 Å². The standard InChI is InChI=1S/C10H16N2O8.Pd/c13-7(14)3-11(4-8(15)16)1-2-12(5-9(17)18)6-10(19)20;/h1-6H2,(H,13,14)(H,15,16)(H,17,18)(H,19,20);/q;+4/p-4. The van der Waals surface area contributed by atoms with Crippen LogP contribution in [-0.2, 0) is 39.6 Å². The van der Waals surface area contributed by atoms with Crippen molar-refractivity contribution >= 4 is 23.9 Å². The van der Waals surface area contributed by atoms with Crippen molar-refractivity contribution in [3.63, 3.8) is 0 Å². The third-order valence-corrected chi connectivity index (χ3v) is 2.14. The van der Waals surface area contributed by atoms with Gasteiger partial charge in [0, 0.05) is 39.3 Å². The van der Waals surface area contributed by atoms with E-state index in [-0.39, 0.29) is 33.5 Å². The summed E-state index contributed by atoms with van der Waals surface area (Å²) in [5, 5.41) is 41.6. The molecule has 21 heavy (non-hydrogen) atoms. The van der Waals surface area contributed by atoms with Crippen LogP contribution < -0.4 is 20.4 Å². The zero-order valence-electron chi connectivity index (χ0n) is 10.7. The second-order valence-corrected chi connectivity index (χ2v) is 3.91. The van der Waals surface area contributed by atoms with Crippen LogP contribution in [0.4, 0.5) is 0 Å². The Kier molecular flexibility index (Phi) is 11.6. The number of carbonyl (C=O) groups excluding carboxylic acids is 4. The van der Waals surface area contributed by atoms with Gasteiger partial charge in [-0.2, -0.15) is 0 Å². The second kappa shape index (κ2) is 11.2. The molecule has 120 valence electrons. The van der Waals surface area contributed by atoms with Gasteiger partial charge in [-0.15, -0.1) is 0 Å². The average molecular weight is 395 g/mol. The topological polar surface area (TPSA) is 167 Å². The van der Waals surface area contributed by atoms with Gasteiger partial charge in [-0.05, 0) is 0 Å². The summed E-state index contributed by atoms with van der Waals surface area (Å²) >= 11 is 0. The monoisotopic (exact) mass is 394 g/mol. The first-order valence-corrected chi connectivity index (χ1v) is 5.44. The molecule has 0 radical (unpaired) electrons. The van der Waals surface area contributed by atoms with Gasteiger partial charge in [0.25, 0.3) is 0 Å². The Bertz CT molecular complexity index is 321. The zero-order chi connectivity index (χ0) is 15.7. The summed E-state index contributed by atoms with van der Waals surface area (Å²) in [4.78, 5) is 43.4. The molecule has 0 amide bonds. The minimum Gasteiger partial charge on any atom is -0.549 e. The first-order valence-electron chi connectivity index (χ1n) is 5.44. The molecule has 0 atom stereocenters. The van der Waals surface area contributed by atoms with E-state index in [1.54, 1.807) is 0 Å². The van der Waals surface area contributed by atoms with E-state index in [0.29, 0.717) is 0 Å². The quantitative estimate of drug-likeness (QED) is 0.307. The normalized spacial score (nSPS) is 10.2. The molecule has 0 bridgehead atoms. The average Bonchev–Trinajstić information content (AvgIpc) is 2.22. The molecule has 0 saturated heterocycles. The zero-order valence-corrected chi connectivity index (χ0v) is 12.3. The summed E-state index contributed by atoms with van der Waals surface area (Å²) in [5.41, 5.74) is 0. The number of aliphatic carboxylic acids is 4. The summed E-state index contributed by atoms with van der Waals surface area (Å²) in [5.74, 6) is -6.12. The number of carbonyl (C=O) groups is 4. The first kappa shape index (κ1) is 21.8. The molecule has 0 aliphatic carbocycles. The number of carboxylic acids is 4. The number of hydrogen-bond acceptors (Lipinski definition) is 10. The largest absolute Gasteiger partial charge is 4.00 e. The Hall–Kier alpha value is -1.54. The fraction of sp³-hybridized carbons (Fsp3) is 0.600. The maximum Gasteiger partial charge on any atom is 4.00 e. The third kappa shape index (κ3) is 13.2. The van der Waals surface area contributed by atoms with Gasteiger partial charge < -0.3 is 39.6 Å². The molecule has 0 aliphatic heterocycles. The first-order chi connectivity index (χ1) is 9.20. The summed E-state index contributed by atoms with van der Waals surface area (Å²) in [7, 11) is 0. The van der Waals surface area contributed by atoms with E-state index >= 15 is 0 Å². The predicted octanol–water partition coefficient (Wildman–Crippen LogP) is -7.41. The molecule has 0 aromatic heterocycles. The van der Waals surface area contributed by atoms with Crippen molar-refractivity contribution in [3.05, 3.63) is 0 Å². The van der Waals surface area contributed by atoms with E-state index in [0.717, 1.165) is 9.80 Å². The van der Waals surface area contributed by atoms with Crippen molar-refractivity contribution in [2.24, 2.45) is 0 Å². The van der Waals surface area contributed by atoms with E-state index in [9.17, 15) is 39.6 Å². The van der Waals surface area contributed by atoms with Crippen molar-refractivity contribution in [2.45, 2.75) is 0 Å². The second-order valence-electron chi connectivity index (χ2n) is 3.91. The fourth-order valence-electron chi connectivity index (χ4n) is 1.44. The van der Waals surface area contributed by atoms with Crippen LogP contribution in [0.2, 0.25) is 0 Å². The molecule has 0 heterocycles. The molecule has 11 heteroatoms. The minimum absolute atomic E-state index is 0. The van der Waals surface area contributed by atoms with Crippen LogP contribution in [0.5, 0.6) is 0 Å². The van der Waals surface area contributed by atoms with Crippen molar-refractivity contribution in [1.29, 1.82) is 0 Å². The molecule has 0 aromatic carbocycles. The number of nitrogens with zero attached hydrogens (tertiary/aromatic N) is 2. The number of hydrogen-bond donors (Lipinski definition) is 0. The Morgan fingerprint density at radius 2 is 0.762 bits per heavy atom. The number of rotatable bonds is 11. The molecule has 0 N–H and O–H groups in total. The Labute approximate surface area is 133 Å². The third-order valence-electron chi connectivity index (χ3n) is 2.14. The molecule has 0 saturated carbocycles. The summed E-state index contributed by atoms with van der Waals surface area (Å²) in [6.07, 6.45) is 0. The van der Waals surface area contributed by atoms with E-state index in [4.69, 9.17) is 0 Å². The molecule has 10 nitrogen and oxygen atoms in total. The van der Waals surface area contributed by atoms with Crippen LogP contribution >= 0.6 is 0 Å². The Morgan fingerprint density at radius 1 is 0.571 bits per heavy atom. The van der Waals surface area contributed by atoms with Gasteiger partial charge in [0.05, 0.1) is 23.9 Å². The van der Waals surface area contributed by atoms with E-state index in [1.807, 2.05) is 0 Å². The van der Waals surface area contributed by atoms with E-state index < -0.39 is 50.1 Å². The van der Waals surface area contributed by atoms with E-state index in [1.165, 1.54) is 0 Å². The molecule has 0 unspecified atom stereocenters. The van der Waals surface area contributed by atoms with Crippen molar-refractivity contribution < 1.29 is 60.0 Å². The van der Waals surface area contributed by atoms with Crippen LogP contribution in [0.25, 0.3) is 0 Å². The van der Waals surface area contributed by atoms with Crippen molar-refractivity contribution in [1.82, 2.24) is 9.80 Å². The predicted molar refractivity (Wildman–Crippen MR) is 52.9 cm³/mol. The maximum atomic E-state index is 10.4.